The first kappa shape index (κ1) is 13.0. The van der Waals surface area contributed by atoms with E-state index in [1.807, 2.05) is 24.3 Å². The quantitative estimate of drug-likeness (QED) is 0.906. The third-order valence-corrected chi connectivity index (χ3v) is 2.90. The Bertz CT molecular complexity index is 614. The predicted molar refractivity (Wildman–Crippen MR) is 76.2 cm³/mol. The van der Waals surface area contributed by atoms with Gasteiger partial charge in [0.25, 0.3) is 0 Å². The predicted octanol–water partition coefficient (Wildman–Crippen LogP) is 3.49. The maximum Gasteiger partial charge on any atom is 0.136 e. The summed E-state index contributed by atoms with van der Waals surface area (Å²) in [6, 6.07) is 15.9. The minimum atomic E-state index is 0.557. The van der Waals surface area contributed by atoms with Crippen molar-refractivity contribution in [1.82, 2.24) is 0 Å². The van der Waals surface area contributed by atoms with Crippen molar-refractivity contribution in [3.05, 3.63) is 59.2 Å². The molecule has 0 aliphatic rings. The number of hydrogen-bond acceptors (Lipinski definition) is 3. The van der Waals surface area contributed by atoms with E-state index in [-0.39, 0.29) is 0 Å². The lowest BCUT2D eigenvalue weighted by atomic mass is 10.1. The minimum absolute atomic E-state index is 0.557. The number of aryl methyl sites for hydroxylation is 1. The molecule has 19 heavy (non-hydrogen) atoms. The van der Waals surface area contributed by atoms with Gasteiger partial charge >= 0.3 is 0 Å². The summed E-state index contributed by atoms with van der Waals surface area (Å²) in [6.07, 6.45) is 0. The van der Waals surface area contributed by atoms with Gasteiger partial charge in [-0.1, -0.05) is 18.2 Å². The molecule has 0 radical (unpaired) electrons. The number of nitrogens with one attached hydrogen (secondary N) is 1. The molecule has 0 saturated heterocycles. The molecule has 2 aromatic rings. The lowest BCUT2D eigenvalue weighted by molar-refractivity contribution is 0.413. The summed E-state index contributed by atoms with van der Waals surface area (Å²) >= 11 is 0. The molecular weight excluding hydrogens is 236 g/mol. The molecule has 0 saturated carbocycles. The molecule has 0 aromatic heterocycles. The standard InChI is InChI=1S/C16H16N2O/c1-12-4-3-5-15(8-12)18-11-13-6-7-14(10-17)16(9-13)19-2/h3-9,18H,11H2,1-2H3. The Balaban J connectivity index is 2.10. The van der Waals surface area contributed by atoms with Gasteiger partial charge in [0.05, 0.1) is 12.7 Å². The van der Waals surface area contributed by atoms with Crippen molar-refractivity contribution in [2.45, 2.75) is 13.5 Å². The normalized spacial score (nSPS) is 9.74. The lowest BCUT2D eigenvalue weighted by Gasteiger charge is -2.09. The average molecular weight is 252 g/mol. The minimum Gasteiger partial charge on any atom is -0.495 e. The lowest BCUT2D eigenvalue weighted by Crippen LogP contribution is -2.00. The molecule has 2 rings (SSSR count). The van der Waals surface area contributed by atoms with E-state index in [4.69, 9.17) is 10.00 Å². The van der Waals surface area contributed by atoms with Gasteiger partial charge < -0.3 is 10.1 Å². The van der Waals surface area contributed by atoms with Gasteiger partial charge in [-0.2, -0.15) is 5.26 Å². The van der Waals surface area contributed by atoms with E-state index in [0.717, 1.165) is 11.3 Å². The van der Waals surface area contributed by atoms with Gasteiger partial charge in [-0.15, -0.1) is 0 Å². The zero-order valence-electron chi connectivity index (χ0n) is 11.1. The van der Waals surface area contributed by atoms with E-state index in [0.29, 0.717) is 17.9 Å². The Morgan fingerprint density at radius 2 is 2.05 bits per heavy atom. The van der Waals surface area contributed by atoms with Gasteiger partial charge in [0.2, 0.25) is 0 Å². The zero-order valence-corrected chi connectivity index (χ0v) is 11.1. The highest BCUT2D eigenvalue weighted by Crippen LogP contribution is 2.20. The van der Waals surface area contributed by atoms with Gasteiger partial charge in [-0.25, -0.2) is 0 Å². The molecule has 0 aliphatic heterocycles. The van der Waals surface area contributed by atoms with Crippen molar-refractivity contribution in [1.29, 1.82) is 5.26 Å². The Labute approximate surface area is 113 Å². The first-order valence-corrected chi connectivity index (χ1v) is 6.10. The first-order chi connectivity index (χ1) is 9.22. The topological polar surface area (TPSA) is 45.0 Å². The highest BCUT2D eigenvalue weighted by molar-refractivity contribution is 5.48. The van der Waals surface area contributed by atoms with Crippen LogP contribution in [0.15, 0.2) is 42.5 Å². The SMILES string of the molecule is COc1cc(CNc2cccc(C)c2)ccc1C#N. The van der Waals surface area contributed by atoms with Crippen LogP contribution in [-0.4, -0.2) is 7.11 Å². The first-order valence-electron chi connectivity index (χ1n) is 6.10. The molecule has 0 heterocycles. The monoisotopic (exact) mass is 252 g/mol. The van der Waals surface area contributed by atoms with E-state index in [2.05, 4.69) is 30.4 Å². The van der Waals surface area contributed by atoms with Crippen molar-refractivity contribution in [3.63, 3.8) is 0 Å². The third kappa shape index (κ3) is 3.26. The van der Waals surface area contributed by atoms with Crippen LogP contribution in [-0.2, 0) is 6.54 Å². The van der Waals surface area contributed by atoms with E-state index in [1.165, 1.54) is 5.56 Å². The van der Waals surface area contributed by atoms with Crippen LogP contribution in [0.2, 0.25) is 0 Å². The summed E-state index contributed by atoms with van der Waals surface area (Å²) in [6.45, 7) is 2.77. The van der Waals surface area contributed by atoms with Crippen molar-refractivity contribution in [3.8, 4) is 11.8 Å². The fourth-order valence-electron chi connectivity index (χ4n) is 1.90. The molecule has 2 aromatic carbocycles. The van der Waals surface area contributed by atoms with Crippen LogP contribution in [0.4, 0.5) is 5.69 Å². The van der Waals surface area contributed by atoms with E-state index >= 15 is 0 Å². The molecule has 96 valence electrons. The van der Waals surface area contributed by atoms with Crippen LogP contribution in [0, 0.1) is 18.3 Å². The highest BCUT2D eigenvalue weighted by atomic mass is 16.5. The molecule has 3 heteroatoms. The molecule has 3 nitrogen and oxygen atoms in total. The summed E-state index contributed by atoms with van der Waals surface area (Å²) in [4.78, 5) is 0. The second-order valence-electron chi connectivity index (χ2n) is 4.37. The van der Waals surface area contributed by atoms with Crippen LogP contribution in [0.3, 0.4) is 0 Å². The summed E-state index contributed by atoms with van der Waals surface area (Å²) in [5.74, 6) is 0.617. The maximum atomic E-state index is 8.93. The Morgan fingerprint density at radius 3 is 2.74 bits per heavy atom. The Morgan fingerprint density at radius 1 is 1.21 bits per heavy atom. The number of nitriles is 1. The second-order valence-corrected chi connectivity index (χ2v) is 4.37. The van der Waals surface area contributed by atoms with Gasteiger partial charge in [0.15, 0.2) is 0 Å². The molecule has 0 fully saturated rings. The van der Waals surface area contributed by atoms with Crippen LogP contribution in [0.5, 0.6) is 5.75 Å². The van der Waals surface area contributed by atoms with E-state index in [9.17, 15) is 0 Å². The number of nitrogens with zero attached hydrogens (tertiary/aromatic N) is 1. The van der Waals surface area contributed by atoms with Crippen molar-refractivity contribution in [2.24, 2.45) is 0 Å². The second kappa shape index (κ2) is 5.92. The van der Waals surface area contributed by atoms with Crippen LogP contribution >= 0.6 is 0 Å². The molecule has 0 amide bonds. The number of anilines is 1. The number of rotatable bonds is 4. The zero-order chi connectivity index (χ0) is 13.7. The van der Waals surface area contributed by atoms with E-state index in [1.54, 1.807) is 13.2 Å². The van der Waals surface area contributed by atoms with Crippen LogP contribution < -0.4 is 10.1 Å². The fourth-order valence-corrected chi connectivity index (χ4v) is 1.90. The molecule has 1 N–H and O–H groups in total. The Hall–Kier alpha value is -2.47. The molecule has 0 spiro atoms. The smallest absolute Gasteiger partial charge is 0.136 e. The molecule has 0 atom stereocenters. The number of hydrogen-bond donors (Lipinski definition) is 1. The summed E-state index contributed by atoms with van der Waals surface area (Å²) in [5, 5.41) is 12.3. The van der Waals surface area contributed by atoms with Gasteiger partial charge in [0, 0.05) is 12.2 Å². The molecule has 0 unspecified atom stereocenters. The van der Waals surface area contributed by atoms with Crippen molar-refractivity contribution < 1.29 is 4.74 Å². The van der Waals surface area contributed by atoms with Crippen molar-refractivity contribution >= 4 is 5.69 Å². The largest absolute Gasteiger partial charge is 0.495 e. The van der Waals surface area contributed by atoms with Crippen LogP contribution in [0.25, 0.3) is 0 Å². The Kier molecular flexibility index (Phi) is 4.04. The fraction of sp³-hybridized carbons (Fsp3) is 0.188. The average Bonchev–Trinajstić information content (AvgIpc) is 2.45. The number of ether oxygens (including phenoxy) is 1. The maximum absolute atomic E-state index is 8.93. The summed E-state index contributed by atoms with van der Waals surface area (Å²) in [5.41, 5.74) is 3.95. The number of methoxy groups -OCH3 is 1. The molecule has 0 aliphatic carbocycles. The van der Waals surface area contributed by atoms with Gasteiger partial charge in [-0.05, 0) is 42.3 Å². The number of benzene rings is 2. The van der Waals surface area contributed by atoms with Crippen LogP contribution in [0.1, 0.15) is 16.7 Å². The molecular formula is C16H16N2O. The molecule has 0 bridgehead atoms. The summed E-state index contributed by atoms with van der Waals surface area (Å²) < 4.78 is 5.20. The summed E-state index contributed by atoms with van der Waals surface area (Å²) in [7, 11) is 1.58. The van der Waals surface area contributed by atoms with Gasteiger partial charge in [-0.3, -0.25) is 0 Å². The van der Waals surface area contributed by atoms with Gasteiger partial charge in [0.1, 0.15) is 11.8 Å². The van der Waals surface area contributed by atoms with Crippen molar-refractivity contribution in [2.75, 3.05) is 12.4 Å². The van der Waals surface area contributed by atoms with E-state index < -0.39 is 0 Å². The third-order valence-electron chi connectivity index (χ3n) is 2.90. The highest BCUT2D eigenvalue weighted by Gasteiger charge is 2.03.